The Hall–Kier alpha value is -0.250. The van der Waals surface area contributed by atoms with E-state index in [1.165, 1.54) is 0 Å². The van der Waals surface area contributed by atoms with Crippen LogP contribution in [0.3, 0.4) is 0 Å². The van der Waals surface area contributed by atoms with Gasteiger partial charge in [-0.15, -0.1) is 0 Å². The zero-order valence-electron chi connectivity index (χ0n) is 9.59. The zero-order chi connectivity index (χ0) is 12.0. The van der Waals surface area contributed by atoms with Crippen molar-refractivity contribution >= 4 is 23.4 Å². The van der Waals surface area contributed by atoms with Gasteiger partial charge >= 0.3 is 0 Å². The molecular formula is C12H17ClFNS. The molecule has 0 amide bonds. The van der Waals surface area contributed by atoms with E-state index < -0.39 is 0 Å². The van der Waals surface area contributed by atoms with Crippen LogP contribution in [0.1, 0.15) is 12.0 Å². The van der Waals surface area contributed by atoms with Crippen molar-refractivity contribution in [3.05, 3.63) is 34.6 Å². The first kappa shape index (κ1) is 13.8. The smallest absolute Gasteiger partial charge is 0.145 e. The Balaban J connectivity index is 2.66. The van der Waals surface area contributed by atoms with Gasteiger partial charge in [0.15, 0.2) is 0 Å². The molecule has 0 aromatic heterocycles. The van der Waals surface area contributed by atoms with Crippen LogP contribution in [0.25, 0.3) is 0 Å². The molecule has 0 aliphatic carbocycles. The normalized spacial score (nSPS) is 12.8. The summed E-state index contributed by atoms with van der Waals surface area (Å²) in [6.07, 6.45) is 3.79. The lowest BCUT2D eigenvalue weighted by atomic mass is 10.0. The van der Waals surface area contributed by atoms with Gasteiger partial charge in [0.2, 0.25) is 0 Å². The minimum Gasteiger partial charge on any atom is -0.317 e. The van der Waals surface area contributed by atoms with Crippen LogP contribution in [-0.2, 0) is 6.42 Å². The van der Waals surface area contributed by atoms with Crippen LogP contribution in [0.2, 0.25) is 5.02 Å². The Kier molecular flexibility index (Phi) is 6.17. The number of likely N-dealkylation sites (N-methyl/N-ethyl adjacent to an activating group) is 1. The first-order chi connectivity index (χ1) is 7.69. The quantitative estimate of drug-likeness (QED) is 0.843. The highest BCUT2D eigenvalue weighted by molar-refractivity contribution is 7.98. The van der Waals surface area contributed by atoms with Crippen molar-refractivity contribution in [2.45, 2.75) is 18.9 Å². The number of nitrogens with one attached hydrogen (secondary N) is 1. The molecule has 1 rings (SSSR count). The highest BCUT2D eigenvalue weighted by Crippen LogP contribution is 2.19. The fraction of sp³-hybridized carbons (Fsp3) is 0.500. The van der Waals surface area contributed by atoms with Crippen LogP contribution < -0.4 is 5.32 Å². The van der Waals surface area contributed by atoms with E-state index in [1.54, 1.807) is 30.0 Å². The fourth-order valence-electron chi connectivity index (χ4n) is 1.58. The average Bonchev–Trinajstić information content (AvgIpc) is 2.30. The highest BCUT2D eigenvalue weighted by atomic mass is 35.5. The molecule has 0 fully saturated rings. The first-order valence-electron chi connectivity index (χ1n) is 5.28. The van der Waals surface area contributed by atoms with Gasteiger partial charge in [-0.2, -0.15) is 11.8 Å². The predicted molar refractivity (Wildman–Crippen MR) is 71.0 cm³/mol. The van der Waals surface area contributed by atoms with E-state index in [1.807, 2.05) is 7.05 Å². The lowest BCUT2D eigenvalue weighted by Gasteiger charge is -2.16. The van der Waals surface area contributed by atoms with Crippen LogP contribution >= 0.6 is 23.4 Å². The molecule has 0 saturated carbocycles. The molecule has 1 N–H and O–H groups in total. The van der Waals surface area contributed by atoms with Gasteiger partial charge in [-0.05, 0) is 43.5 Å². The molecule has 1 aromatic rings. The summed E-state index contributed by atoms with van der Waals surface area (Å²) in [5, 5.41) is 3.41. The van der Waals surface area contributed by atoms with Gasteiger partial charge in [0.1, 0.15) is 5.82 Å². The summed E-state index contributed by atoms with van der Waals surface area (Å²) in [7, 11) is 1.91. The molecule has 0 aliphatic heterocycles. The van der Waals surface area contributed by atoms with E-state index in [4.69, 9.17) is 11.6 Å². The second kappa shape index (κ2) is 7.15. The van der Waals surface area contributed by atoms with E-state index in [9.17, 15) is 4.39 Å². The van der Waals surface area contributed by atoms with Gasteiger partial charge in [-0.1, -0.05) is 23.7 Å². The zero-order valence-corrected chi connectivity index (χ0v) is 11.2. The number of hydrogen-bond acceptors (Lipinski definition) is 2. The molecule has 0 saturated heterocycles. The van der Waals surface area contributed by atoms with Crippen LogP contribution in [0.4, 0.5) is 4.39 Å². The van der Waals surface area contributed by atoms with Gasteiger partial charge < -0.3 is 5.32 Å². The Labute approximate surface area is 106 Å². The maximum absolute atomic E-state index is 13.7. The van der Waals surface area contributed by atoms with E-state index >= 15 is 0 Å². The van der Waals surface area contributed by atoms with Crippen molar-refractivity contribution in [3.63, 3.8) is 0 Å². The van der Waals surface area contributed by atoms with E-state index in [2.05, 4.69) is 11.6 Å². The molecule has 0 bridgehead atoms. The molecule has 1 unspecified atom stereocenters. The number of benzene rings is 1. The summed E-state index contributed by atoms with van der Waals surface area (Å²) in [6, 6.07) is 5.48. The van der Waals surface area contributed by atoms with E-state index in [-0.39, 0.29) is 10.8 Å². The van der Waals surface area contributed by atoms with Crippen LogP contribution in [0, 0.1) is 5.82 Å². The third kappa shape index (κ3) is 3.96. The molecule has 16 heavy (non-hydrogen) atoms. The summed E-state index contributed by atoms with van der Waals surface area (Å²) in [6.45, 7) is 0. The molecule has 90 valence electrons. The number of rotatable bonds is 6. The number of hydrogen-bond donors (Lipinski definition) is 1. The van der Waals surface area contributed by atoms with Crippen LogP contribution in [0.15, 0.2) is 18.2 Å². The number of thioether (sulfide) groups is 1. The summed E-state index contributed by atoms with van der Waals surface area (Å²) < 4.78 is 13.7. The minimum absolute atomic E-state index is 0.206. The highest BCUT2D eigenvalue weighted by Gasteiger charge is 2.11. The molecular weight excluding hydrogens is 245 g/mol. The first-order valence-corrected chi connectivity index (χ1v) is 7.05. The van der Waals surface area contributed by atoms with Gasteiger partial charge in [0.25, 0.3) is 0 Å². The summed E-state index contributed by atoms with van der Waals surface area (Å²) in [5.74, 6) is 0.793. The molecule has 0 radical (unpaired) electrons. The minimum atomic E-state index is -0.284. The van der Waals surface area contributed by atoms with E-state index in [0.29, 0.717) is 18.0 Å². The van der Waals surface area contributed by atoms with Gasteiger partial charge in [-0.25, -0.2) is 4.39 Å². The number of halogens is 2. The monoisotopic (exact) mass is 261 g/mol. The molecule has 4 heteroatoms. The maximum atomic E-state index is 13.7. The lowest BCUT2D eigenvalue weighted by molar-refractivity contribution is 0.525. The van der Waals surface area contributed by atoms with Gasteiger partial charge in [0.05, 0.1) is 5.02 Å². The SMILES string of the molecule is CNC(CCSC)Cc1cccc(Cl)c1F. The summed E-state index contributed by atoms with van der Waals surface area (Å²) in [5.41, 5.74) is 0.688. The Morgan fingerprint density at radius 3 is 2.88 bits per heavy atom. The van der Waals surface area contributed by atoms with Crippen LogP contribution in [-0.4, -0.2) is 25.1 Å². The van der Waals surface area contributed by atoms with Crippen molar-refractivity contribution in [3.8, 4) is 0 Å². The molecule has 1 nitrogen and oxygen atoms in total. The third-order valence-corrected chi connectivity index (χ3v) is 3.51. The summed E-state index contributed by atoms with van der Waals surface area (Å²) >= 11 is 7.55. The predicted octanol–water partition coefficient (Wildman–Crippen LogP) is 3.36. The van der Waals surface area contributed by atoms with Gasteiger partial charge in [-0.3, -0.25) is 0 Å². The maximum Gasteiger partial charge on any atom is 0.145 e. The standard InChI is InChI=1S/C12H17ClFNS/c1-15-10(6-7-16-2)8-9-4-3-5-11(13)12(9)14/h3-5,10,15H,6-8H2,1-2H3. The Morgan fingerprint density at radius 1 is 1.50 bits per heavy atom. The van der Waals surface area contributed by atoms with E-state index in [0.717, 1.165) is 12.2 Å². The van der Waals surface area contributed by atoms with Crippen molar-refractivity contribution in [1.29, 1.82) is 0 Å². The molecule has 1 aromatic carbocycles. The summed E-state index contributed by atoms with van der Waals surface area (Å²) in [4.78, 5) is 0. The second-order valence-electron chi connectivity index (χ2n) is 3.68. The molecule has 0 heterocycles. The van der Waals surface area contributed by atoms with Crippen molar-refractivity contribution < 1.29 is 4.39 Å². The molecule has 0 spiro atoms. The Bertz CT molecular complexity index is 333. The topological polar surface area (TPSA) is 12.0 Å². The molecule has 0 aliphatic rings. The third-order valence-electron chi connectivity index (χ3n) is 2.58. The van der Waals surface area contributed by atoms with Crippen molar-refractivity contribution in [2.24, 2.45) is 0 Å². The van der Waals surface area contributed by atoms with Gasteiger partial charge in [0, 0.05) is 6.04 Å². The fourth-order valence-corrected chi connectivity index (χ4v) is 2.29. The second-order valence-corrected chi connectivity index (χ2v) is 5.08. The Morgan fingerprint density at radius 2 is 2.25 bits per heavy atom. The molecule has 1 atom stereocenters. The van der Waals surface area contributed by atoms with Crippen LogP contribution in [0.5, 0.6) is 0 Å². The lowest BCUT2D eigenvalue weighted by Crippen LogP contribution is -2.28. The average molecular weight is 262 g/mol. The van der Waals surface area contributed by atoms with Crippen molar-refractivity contribution in [2.75, 3.05) is 19.1 Å². The van der Waals surface area contributed by atoms with Crippen molar-refractivity contribution in [1.82, 2.24) is 5.32 Å². The largest absolute Gasteiger partial charge is 0.317 e.